The number of anilines is 1. The Morgan fingerprint density at radius 3 is 2.45 bits per heavy atom. The van der Waals surface area contributed by atoms with Crippen LogP contribution in [-0.4, -0.2) is 85.7 Å². The second-order valence-corrected chi connectivity index (χ2v) is 20.6. The van der Waals surface area contributed by atoms with Crippen molar-refractivity contribution >= 4 is 59.5 Å². The second-order valence-electron chi connectivity index (χ2n) is 18.0. The number of benzene rings is 2. The fourth-order valence-electron chi connectivity index (χ4n) is 11.6. The highest BCUT2D eigenvalue weighted by Crippen LogP contribution is 2.72. The number of ether oxygens (including phenoxy) is 1. The van der Waals surface area contributed by atoms with Crippen LogP contribution < -0.4 is 10.6 Å². The minimum Gasteiger partial charge on any atom is -0.476 e. The number of nitrogens with zero attached hydrogens (tertiary/aromatic N) is 5. The van der Waals surface area contributed by atoms with E-state index in [0.717, 1.165) is 59.8 Å². The van der Waals surface area contributed by atoms with Crippen LogP contribution in [0.4, 0.5) is 5.13 Å². The fraction of sp³-hybridized carbons (Fsp3) is 0.409. The Bertz CT molecular complexity index is 2750. The third-order valence-corrected chi connectivity index (χ3v) is 14.3. The van der Waals surface area contributed by atoms with Crippen LogP contribution in [0.2, 0.25) is 0 Å². The molecule has 1 amide bonds. The van der Waals surface area contributed by atoms with Crippen molar-refractivity contribution in [1.29, 1.82) is 0 Å². The van der Waals surface area contributed by atoms with Crippen molar-refractivity contribution in [2.24, 2.45) is 16.2 Å². The molecule has 0 radical (unpaired) electrons. The van der Waals surface area contributed by atoms with Crippen LogP contribution in [0.5, 0.6) is 0 Å². The van der Waals surface area contributed by atoms with Crippen molar-refractivity contribution in [3.05, 3.63) is 90.1 Å². The van der Waals surface area contributed by atoms with Crippen molar-refractivity contribution < 1.29 is 32.4 Å². The lowest BCUT2D eigenvalue weighted by Crippen LogP contribution is -2.64. The maximum Gasteiger partial charge on any atom is 0.355 e. The van der Waals surface area contributed by atoms with Crippen LogP contribution in [-0.2, 0) is 21.4 Å². The summed E-state index contributed by atoms with van der Waals surface area (Å²) < 4.78 is 41.0. The smallest absolute Gasteiger partial charge is 0.355 e. The molecule has 4 fully saturated rings. The predicted octanol–water partition coefficient (Wildman–Crippen LogP) is 7.64. The molecule has 4 bridgehead atoms. The lowest BCUT2D eigenvalue weighted by Gasteiger charge is -2.69. The van der Waals surface area contributed by atoms with Gasteiger partial charge in [0.1, 0.15) is 5.69 Å². The molecule has 4 heterocycles. The van der Waals surface area contributed by atoms with Gasteiger partial charge in [0, 0.05) is 53.6 Å². The number of carboxylic acid groups (broad SMARTS) is 1. The molecule has 2 atom stereocenters. The summed E-state index contributed by atoms with van der Waals surface area (Å²) in [7, 11) is -4.02. The van der Waals surface area contributed by atoms with Gasteiger partial charge in [-0.2, -0.15) is 13.5 Å². The highest BCUT2D eigenvalue weighted by Gasteiger charge is 2.66. The highest BCUT2D eigenvalue weighted by atomic mass is 32.2. The van der Waals surface area contributed by atoms with Crippen molar-refractivity contribution in [3.63, 3.8) is 0 Å². The number of aromatic carboxylic acids is 1. The molecular weight excluding hydrogens is 803 g/mol. The van der Waals surface area contributed by atoms with Gasteiger partial charge < -0.3 is 15.2 Å². The normalized spacial score (nSPS) is 24.7. The molecule has 0 aliphatic heterocycles. The molecule has 4 aromatic heterocycles. The zero-order valence-corrected chi connectivity index (χ0v) is 35.3. The molecule has 10 rings (SSSR count). The van der Waals surface area contributed by atoms with Crippen LogP contribution in [0.3, 0.4) is 0 Å². The van der Waals surface area contributed by atoms with Crippen LogP contribution in [0.25, 0.3) is 43.4 Å². The number of para-hydroxylation sites is 1. The van der Waals surface area contributed by atoms with Gasteiger partial charge in [-0.1, -0.05) is 49.4 Å². The number of hydrogen-bond donors (Lipinski definition) is 4. The standard InChI is InChI=1S/C44H47N7O7S2/c1-27-32(19-47-51(27)26-43-21-41(2)20-42(3,22-43)24-44(23-41,25-43)58-16-14-45-15-17-60(55,56)57)31-10-11-33(48-37(31)39(53)54)29-8-9-30-28(18-29)12-13-46-36(30)38(52)50-40-49-34-6-4-5-7-35(34)59-40/h4-13,18-19,45H,14-17,20-26H2,1-3H3,(H,53,54)(H,49,50,52)(H,55,56,57). The van der Waals surface area contributed by atoms with E-state index >= 15 is 0 Å². The Morgan fingerprint density at radius 1 is 0.917 bits per heavy atom. The molecule has 14 nitrogen and oxygen atoms in total. The lowest BCUT2D eigenvalue weighted by atomic mass is 9.39. The summed E-state index contributed by atoms with van der Waals surface area (Å²) >= 11 is 1.39. The number of thiazole rings is 1. The first kappa shape index (κ1) is 40.3. The van der Waals surface area contributed by atoms with Crippen LogP contribution in [0.15, 0.2) is 73.1 Å². The Kier molecular flexibility index (Phi) is 9.94. The minimum absolute atomic E-state index is 0.0654. The average molecular weight is 850 g/mol. The van der Waals surface area contributed by atoms with E-state index in [2.05, 4.69) is 39.4 Å². The number of pyridine rings is 2. The molecule has 4 aliphatic carbocycles. The monoisotopic (exact) mass is 849 g/mol. The second kappa shape index (κ2) is 14.8. The number of carboxylic acids is 1. The summed E-state index contributed by atoms with van der Waals surface area (Å²) in [6, 6.07) is 18.6. The summed E-state index contributed by atoms with van der Waals surface area (Å²) in [5.74, 6) is -1.86. The molecule has 4 aliphatic rings. The maximum absolute atomic E-state index is 13.4. The average Bonchev–Trinajstić information content (AvgIpc) is 3.75. The molecule has 0 spiro atoms. The number of nitrogens with one attached hydrogen (secondary N) is 2. The molecular formula is C44H47N7O7S2. The Balaban J connectivity index is 0.941. The van der Waals surface area contributed by atoms with Gasteiger partial charge in [0.25, 0.3) is 16.0 Å². The van der Waals surface area contributed by atoms with E-state index in [4.69, 9.17) is 14.4 Å². The van der Waals surface area contributed by atoms with E-state index in [-0.39, 0.29) is 51.4 Å². The molecule has 4 N–H and O–H groups in total. The zero-order chi connectivity index (χ0) is 42.1. The quantitative estimate of drug-likeness (QED) is 0.0618. The first-order chi connectivity index (χ1) is 28.5. The lowest BCUT2D eigenvalue weighted by molar-refractivity contribution is -0.247. The van der Waals surface area contributed by atoms with Crippen LogP contribution >= 0.6 is 11.3 Å². The van der Waals surface area contributed by atoms with Gasteiger partial charge in [-0.3, -0.25) is 24.3 Å². The highest BCUT2D eigenvalue weighted by molar-refractivity contribution is 7.85. The largest absolute Gasteiger partial charge is 0.476 e. The van der Waals surface area contributed by atoms with Gasteiger partial charge in [0.15, 0.2) is 10.8 Å². The molecule has 312 valence electrons. The van der Waals surface area contributed by atoms with E-state index in [1.165, 1.54) is 11.3 Å². The van der Waals surface area contributed by atoms with E-state index < -0.39 is 16.1 Å². The first-order valence-corrected chi connectivity index (χ1v) is 22.6. The van der Waals surface area contributed by atoms with Crippen molar-refractivity contribution in [2.75, 3.05) is 30.8 Å². The number of aromatic nitrogens is 5. The predicted molar refractivity (Wildman–Crippen MR) is 230 cm³/mol. The van der Waals surface area contributed by atoms with Crippen molar-refractivity contribution in [1.82, 2.24) is 30.0 Å². The third-order valence-electron chi connectivity index (χ3n) is 12.6. The number of rotatable bonds is 14. The summed E-state index contributed by atoms with van der Waals surface area (Å²) in [6.45, 7) is 8.51. The Hall–Kier alpha value is -5.13. The van der Waals surface area contributed by atoms with E-state index in [9.17, 15) is 23.1 Å². The molecule has 6 aromatic rings. The minimum atomic E-state index is -4.02. The van der Waals surface area contributed by atoms with E-state index in [1.54, 1.807) is 24.5 Å². The van der Waals surface area contributed by atoms with E-state index in [1.807, 2.05) is 60.1 Å². The number of amides is 1. The zero-order valence-electron chi connectivity index (χ0n) is 33.7. The number of carbonyl (C=O) groups is 2. The number of carbonyl (C=O) groups excluding carboxylic acids is 1. The van der Waals surface area contributed by atoms with E-state index in [0.29, 0.717) is 52.6 Å². The number of hydrogen-bond acceptors (Lipinski definition) is 11. The van der Waals surface area contributed by atoms with Crippen molar-refractivity contribution in [3.8, 4) is 22.4 Å². The van der Waals surface area contributed by atoms with Gasteiger partial charge in [-0.05, 0) is 103 Å². The van der Waals surface area contributed by atoms with Crippen LogP contribution in [0.1, 0.15) is 79.0 Å². The summed E-state index contributed by atoms with van der Waals surface area (Å²) in [5, 5.41) is 23.2. The fourth-order valence-corrected chi connectivity index (χ4v) is 12.9. The molecule has 4 saturated carbocycles. The third kappa shape index (κ3) is 7.82. The Labute approximate surface area is 351 Å². The summed E-state index contributed by atoms with van der Waals surface area (Å²) in [6.07, 6.45) is 9.40. The molecule has 16 heteroatoms. The van der Waals surface area contributed by atoms with Gasteiger partial charge in [-0.25, -0.2) is 14.8 Å². The van der Waals surface area contributed by atoms with Gasteiger partial charge in [0.05, 0.1) is 40.1 Å². The Morgan fingerprint density at radius 2 is 1.70 bits per heavy atom. The van der Waals surface area contributed by atoms with Crippen LogP contribution in [0, 0.1) is 23.2 Å². The summed E-state index contributed by atoms with van der Waals surface area (Å²) in [4.78, 5) is 39.8. The summed E-state index contributed by atoms with van der Waals surface area (Å²) in [5.41, 5.74) is 4.07. The van der Waals surface area contributed by atoms with Gasteiger partial charge in [0.2, 0.25) is 0 Å². The maximum atomic E-state index is 13.4. The SMILES string of the molecule is Cc1c(-c2ccc(-c3ccc4c(C(=O)Nc5nc6ccccc6s5)nccc4c3)nc2C(=O)O)cnn1CC12CC3(C)CC(C)(C1)CC(OCCNCCS(=O)(=O)O)(C3)C2. The first-order valence-electron chi connectivity index (χ1n) is 20.2. The molecule has 2 aromatic carbocycles. The topological polar surface area (TPSA) is 199 Å². The van der Waals surface area contributed by atoms with Gasteiger partial charge >= 0.3 is 5.97 Å². The molecule has 0 saturated heterocycles. The molecule has 2 unspecified atom stereocenters. The van der Waals surface area contributed by atoms with Gasteiger partial charge in [-0.15, -0.1) is 0 Å². The molecule has 60 heavy (non-hydrogen) atoms. The van der Waals surface area contributed by atoms with Crippen molar-refractivity contribution in [2.45, 2.75) is 71.4 Å². The number of fused-ring (bicyclic) bond motifs is 2.